The fourth-order valence-electron chi connectivity index (χ4n) is 2.57. The Kier molecular flexibility index (Phi) is 6.05. The lowest BCUT2D eigenvalue weighted by Crippen LogP contribution is -2.52. The molecule has 106 valence electrons. The standard InChI is InChI=1S/C13H26N2O3/c1-10(8-11(2)16)15-12(17)13(9-18-3)4-6-14-7-5-13/h10-11,14,16H,4-9H2,1-3H3,(H,15,17). The molecule has 1 aliphatic rings. The first-order chi connectivity index (χ1) is 8.50. The molecule has 1 fully saturated rings. The van der Waals surface area contributed by atoms with E-state index in [9.17, 15) is 9.90 Å². The largest absolute Gasteiger partial charge is 0.393 e. The first-order valence-corrected chi connectivity index (χ1v) is 6.69. The Bertz CT molecular complexity index is 257. The number of hydrogen-bond donors (Lipinski definition) is 3. The third-order valence-electron chi connectivity index (χ3n) is 3.54. The number of methoxy groups -OCH3 is 1. The Morgan fingerprint density at radius 1 is 1.44 bits per heavy atom. The molecule has 1 saturated heterocycles. The highest BCUT2D eigenvalue weighted by molar-refractivity contribution is 5.83. The van der Waals surface area contributed by atoms with E-state index in [1.54, 1.807) is 14.0 Å². The molecule has 1 heterocycles. The zero-order valence-corrected chi connectivity index (χ0v) is 11.7. The molecule has 5 nitrogen and oxygen atoms in total. The Hall–Kier alpha value is -0.650. The van der Waals surface area contributed by atoms with Crippen molar-refractivity contribution in [2.75, 3.05) is 26.8 Å². The van der Waals surface area contributed by atoms with Gasteiger partial charge in [0.1, 0.15) is 0 Å². The molecule has 2 unspecified atom stereocenters. The summed E-state index contributed by atoms with van der Waals surface area (Å²) in [6.07, 6.45) is 1.78. The second-order valence-corrected chi connectivity index (χ2v) is 5.42. The van der Waals surface area contributed by atoms with E-state index < -0.39 is 11.5 Å². The van der Waals surface area contributed by atoms with Crippen LogP contribution in [0.1, 0.15) is 33.1 Å². The molecular weight excluding hydrogens is 232 g/mol. The van der Waals surface area contributed by atoms with Gasteiger partial charge in [0, 0.05) is 13.2 Å². The van der Waals surface area contributed by atoms with Crippen molar-refractivity contribution < 1.29 is 14.6 Å². The highest BCUT2D eigenvalue weighted by Crippen LogP contribution is 2.29. The molecule has 0 aliphatic carbocycles. The summed E-state index contributed by atoms with van der Waals surface area (Å²) in [4.78, 5) is 12.4. The van der Waals surface area contributed by atoms with E-state index in [0.29, 0.717) is 13.0 Å². The molecule has 1 aliphatic heterocycles. The van der Waals surface area contributed by atoms with Crippen LogP contribution in [0.2, 0.25) is 0 Å². The van der Waals surface area contributed by atoms with E-state index in [0.717, 1.165) is 25.9 Å². The molecule has 0 aromatic heterocycles. The van der Waals surface area contributed by atoms with Gasteiger partial charge in [0.15, 0.2) is 0 Å². The molecule has 0 radical (unpaired) electrons. The van der Waals surface area contributed by atoms with Crippen LogP contribution in [0.5, 0.6) is 0 Å². The van der Waals surface area contributed by atoms with Crippen molar-refractivity contribution >= 4 is 5.91 Å². The van der Waals surface area contributed by atoms with Gasteiger partial charge in [-0.3, -0.25) is 4.79 Å². The van der Waals surface area contributed by atoms with Gasteiger partial charge in [-0.1, -0.05) is 0 Å². The zero-order valence-electron chi connectivity index (χ0n) is 11.7. The Morgan fingerprint density at radius 2 is 2.06 bits per heavy atom. The predicted octanol–water partition coefficient (Wildman–Crippen LogP) is 0.278. The van der Waals surface area contributed by atoms with Gasteiger partial charge in [-0.15, -0.1) is 0 Å². The van der Waals surface area contributed by atoms with Crippen molar-refractivity contribution in [3.63, 3.8) is 0 Å². The summed E-state index contributed by atoms with van der Waals surface area (Å²) in [5.41, 5.74) is -0.410. The second-order valence-electron chi connectivity index (χ2n) is 5.42. The van der Waals surface area contributed by atoms with E-state index in [1.807, 2.05) is 6.92 Å². The maximum atomic E-state index is 12.4. The maximum absolute atomic E-state index is 12.4. The topological polar surface area (TPSA) is 70.6 Å². The van der Waals surface area contributed by atoms with Gasteiger partial charge >= 0.3 is 0 Å². The summed E-state index contributed by atoms with van der Waals surface area (Å²) in [5.74, 6) is 0.0546. The molecule has 5 heteroatoms. The number of piperidine rings is 1. The minimum atomic E-state index is -0.410. The van der Waals surface area contributed by atoms with Gasteiger partial charge in [0.25, 0.3) is 0 Å². The molecule has 1 rings (SSSR count). The summed E-state index contributed by atoms with van der Waals surface area (Å²) in [5, 5.41) is 15.6. The molecule has 18 heavy (non-hydrogen) atoms. The van der Waals surface area contributed by atoms with Crippen LogP contribution < -0.4 is 10.6 Å². The Morgan fingerprint density at radius 3 is 2.56 bits per heavy atom. The predicted molar refractivity (Wildman–Crippen MR) is 70.3 cm³/mol. The Labute approximate surface area is 109 Å². The summed E-state index contributed by atoms with van der Waals surface area (Å²) >= 11 is 0. The van der Waals surface area contributed by atoms with Gasteiger partial charge < -0.3 is 20.5 Å². The van der Waals surface area contributed by atoms with Gasteiger partial charge in [0.2, 0.25) is 5.91 Å². The lowest BCUT2D eigenvalue weighted by atomic mass is 9.78. The second kappa shape index (κ2) is 7.07. The van der Waals surface area contributed by atoms with Crippen LogP contribution in [0, 0.1) is 5.41 Å². The normalized spacial score (nSPS) is 22.2. The van der Waals surface area contributed by atoms with Crippen molar-refractivity contribution in [1.29, 1.82) is 0 Å². The van der Waals surface area contributed by atoms with Crippen molar-refractivity contribution in [2.45, 2.75) is 45.3 Å². The number of hydrogen-bond acceptors (Lipinski definition) is 4. The minimum Gasteiger partial charge on any atom is -0.393 e. The summed E-state index contributed by atoms with van der Waals surface area (Å²) in [7, 11) is 1.64. The summed E-state index contributed by atoms with van der Waals surface area (Å²) < 4.78 is 5.23. The average molecular weight is 258 g/mol. The average Bonchev–Trinajstić information content (AvgIpc) is 2.29. The number of nitrogens with one attached hydrogen (secondary N) is 2. The van der Waals surface area contributed by atoms with Gasteiger partial charge in [-0.25, -0.2) is 0 Å². The fraction of sp³-hybridized carbons (Fsp3) is 0.923. The number of aliphatic hydroxyl groups is 1. The molecule has 3 N–H and O–H groups in total. The molecule has 0 aromatic rings. The van der Waals surface area contributed by atoms with E-state index in [1.165, 1.54) is 0 Å². The molecule has 0 aromatic carbocycles. The highest BCUT2D eigenvalue weighted by Gasteiger charge is 2.39. The first kappa shape index (κ1) is 15.4. The molecular formula is C13H26N2O3. The van der Waals surface area contributed by atoms with E-state index >= 15 is 0 Å². The Balaban J connectivity index is 2.59. The molecule has 0 saturated carbocycles. The van der Waals surface area contributed by atoms with Crippen LogP contribution in [0.4, 0.5) is 0 Å². The van der Waals surface area contributed by atoms with Crippen molar-refractivity contribution in [1.82, 2.24) is 10.6 Å². The quantitative estimate of drug-likeness (QED) is 0.640. The zero-order chi connectivity index (χ0) is 13.6. The van der Waals surface area contributed by atoms with Crippen LogP contribution in [0.25, 0.3) is 0 Å². The van der Waals surface area contributed by atoms with Gasteiger partial charge in [-0.05, 0) is 46.2 Å². The van der Waals surface area contributed by atoms with Crippen LogP contribution in [0.15, 0.2) is 0 Å². The number of ether oxygens (including phenoxy) is 1. The van der Waals surface area contributed by atoms with Crippen molar-refractivity contribution in [2.24, 2.45) is 5.41 Å². The number of rotatable bonds is 6. The van der Waals surface area contributed by atoms with Gasteiger partial charge in [0.05, 0.1) is 18.1 Å². The lowest BCUT2D eigenvalue weighted by molar-refractivity contribution is -0.137. The number of amides is 1. The molecule has 1 amide bonds. The van der Waals surface area contributed by atoms with Crippen molar-refractivity contribution in [3.05, 3.63) is 0 Å². The van der Waals surface area contributed by atoms with Crippen LogP contribution >= 0.6 is 0 Å². The third-order valence-corrected chi connectivity index (χ3v) is 3.54. The highest BCUT2D eigenvalue weighted by atomic mass is 16.5. The fourth-order valence-corrected chi connectivity index (χ4v) is 2.57. The van der Waals surface area contributed by atoms with E-state index in [4.69, 9.17) is 4.74 Å². The van der Waals surface area contributed by atoms with E-state index in [2.05, 4.69) is 10.6 Å². The number of carbonyl (C=O) groups excluding carboxylic acids is 1. The van der Waals surface area contributed by atoms with Crippen LogP contribution in [0.3, 0.4) is 0 Å². The SMILES string of the molecule is COCC1(C(=O)NC(C)CC(C)O)CCNCC1. The van der Waals surface area contributed by atoms with Crippen LogP contribution in [-0.2, 0) is 9.53 Å². The molecule has 0 spiro atoms. The van der Waals surface area contributed by atoms with Gasteiger partial charge in [-0.2, -0.15) is 0 Å². The number of aliphatic hydroxyl groups excluding tert-OH is 1. The maximum Gasteiger partial charge on any atom is 0.228 e. The third kappa shape index (κ3) is 4.23. The summed E-state index contributed by atoms with van der Waals surface area (Å²) in [6.45, 7) is 5.81. The summed E-state index contributed by atoms with van der Waals surface area (Å²) in [6, 6.07) is -0.0129. The smallest absolute Gasteiger partial charge is 0.228 e. The van der Waals surface area contributed by atoms with Crippen LogP contribution in [-0.4, -0.2) is 50.0 Å². The number of carbonyl (C=O) groups is 1. The van der Waals surface area contributed by atoms with Crippen molar-refractivity contribution in [3.8, 4) is 0 Å². The molecule has 2 atom stereocenters. The minimum absolute atomic E-state index is 0.0129. The van der Waals surface area contributed by atoms with E-state index in [-0.39, 0.29) is 11.9 Å². The molecule has 0 bridgehead atoms. The monoisotopic (exact) mass is 258 g/mol. The lowest BCUT2D eigenvalue weighted by Gasteiger charge is -2.36. The first-order valence-electron chi connectivity index (χ1n) is 6.69.